The normalized spacial score (nSPS) is 10.5. The molecule has 0 fully saturated rings. The predicted molar refractivity (Wildman–Crippen MR) is 64.1 cm³/mol. The van der Waals surface area contributed by atoms with Crippen molar-refractivity contribution in [2.45, 2.75) is 12.8 Å². The molecule has 0 saturated carbocycles. The molecule has 0 heterocycles. The van der Waals surface area contributed by atoms with Crippen molar-refractivity contribution in [3.05, 3.63) is 32.3 Å². The fourth-order valence-corrected chi connectivity index (χ4v) is 1.91. The monoisotopic (exact) mass is 260 g/mol. The lowest BCUT2D eigenvalue weighted by molar-refractivity contribution is -0.385. The second-order valence-corrected chi connectivity index (χ2v) is 3.86. The number of aliphatic hydroxyl groups excluding tert-OH is 2. The first-order valence-corrected chi connectivity index (χ1v) is 5.36. The van der Waals surface area contributed by atoms with Gasteiger partial charge in [0.15, 0.2) is 0 Å². The second-order valence-electron chi connectivity index (χ2n) is 3.45. The summed E-state index contributed by atoms with van der Waals surface area (Å²) in [5.74, 6) is 0. The quantitative estimate of drug-likeness (QED) is 0.414. The van der Waals surface area contributed by atoms with Crippen molar-refractivity contribution < 1.29 is 15.1 Å². The van der Waals surface area contributed by atoms with E-state index < -0.39 is 4.92 Å². The molecular weight excluding hydrogens is 248 g/mol. The van der Waals surface area contributed by atoms with Crippen molar-refractivity contribution in [2.24, 2.45) is 0 Å². The highest BCUT2D eigenvalue weighted by molar-refractivity contribution is 6.33. The first-order chi connectivity index (χ1) is 8.02. The molecule has 1 rings (SSSR count). The number of anilines is 1. The molecule has 0 aliphatic rings. The van der Waals surface area contributed by atoms with E-state index in [0.29, 0.717) is 11.1 Å². The Morgan fingerprint density at radius 3 is 2.29 bits per heavy atom. The molecule has 4 N–H and O–H groups in total. The molecule has 0 amide bonds. The number of nitro groups is 1. The molecule has 0 aliphatic heterocycles. The van der Waals surface area contributed by atoms with Crippen LogP contribution in [0, 0.1) is 10.1 Å². The molecule has 0 aliphatic carbocycles. The molecule has 0 aromatic heterocycles. The van der Waals surface area contributed by atoms with Gasteiger partial charge in [0.1, 0.15) is 0 Å². The molecule has 0 spiro atoms. The van der Waals surface area contributed by atoms with Gasteiger partial charge in [0.25, 0.3) is 5.69 Å². The zero-order chi connectivity index (χ0) is 13.0. The summed E-state index contributed by atoms with van der Waals surface area (Å²) in [6.07, 6.45) is 0.273. The van der Waals surface area contributed by atoms with Crippen molar-refractivity contribution >= 4 is 23.0 Å². The molecule has 1 aromatic carbocycles. The van der Waals surface area contributed by atoms with Gasteiger partial charge in [-0.15, -0.1) is 0 Å². The third-order valence-corrected chi connectivity index (χ3v) is 2.75. The van der Waals surface area contributed by atoms with Crippen LogP contribution in [0.2, 0.25) is 5.02 Å². The van der Waals surface area contributed by atoms with E-state index in [1.54, 1.807) is 0 Å². The minimum Gasteiger partial charge on any atom is -0.397 e. The maximum absolute atomic E-state index is 10.9. The summed E-state index contributed by atoms with van der Waals surface area (Å²) in [4.78, 5) is 10.3. The van der Waals surface area contributed by atoms with Gasteiger partial charge in [-0.1, -0.05) is 11.6 Å². The molecule has 0 radical (unpaired) electrons. The highest BCUT2D eigenvalue weighted by Gasteiger charge is 2.21. The molecule has 0 unspecified atom stereocenters. The van der Waals surface area contributed by atoms with Crippen LogP contribution in [0.15, 0.2) is 6.07 Å². The Labute approximate surface area is 103 Å². The molecular formula is C10H13ClN2O4. The topological polar surface area (TPSA) is 110 Å². The molecule has 0 bridgehead atoms. The third-order valence-electron chi connectivity index (χ3n) is 2.44. The zero-order valence-corrected chi connectivity index (χ0v) is 9.78. The van der Waals surface area contributed by atoms with Crippen LogP contribution in [0.5, 0.6) is 0 Å². The standard InChI is InChI=1S/C10H13ClN2O4/c11-8-5-9(13(16)17)6(1-3-14)7(2-4-15)10(8)12/h5,14-15H,1-4,12H2. The fourth-order valence-electron chi connectivity index (χ4n) is 1.70. The minimum absolute atomic E-state index is 0.0850. The fraction of sp³-hybridized carbons (Fsp3) is 0.400. The number of aliphatic hydroxyl groups is 2. The average Bonchev–Trinajstić information content (AvgIpc) is 2.28. The second kappa shape index (κ2) is 5.81. The molecule has 0 saturated heterocycles. The number of nitrogen functional groups attached to an aromatic ring is 1. The van der Waals surface area contributed by atoms with Crippen LogP contribution in [0.1, 0.15) is 11.1 Å². The van der Waals surface area contributed by atoms with Gasteiger partial charge >= 0.3 is 0 Å². The Morgan fingerprint density at radius 2 is 1.82 bits per heavy atom. The number of hydrogen-bond acceptors (Lipinski definition) is 5. The van der Waals surface area contributed by atoms with E-state index in [1.165, 1.54) is 6.07 Å². The largest absolute Gasteiger partial charge is 0.397 e. The number of hydrogen-bond donors (Lipinski definition) is 3. The maximum atomic E-state index is 10.9. The van der Waals surface area contributed by atoms with Gasteiger partial charge < -0.3 is 15.9 Å². The van der Waals surface area contributed by atoms with Crippen LogP contribution in [0.25, 0.3) is 0 Å². The van der Waals surface area contributed by atoms with E-state index in [0.717, 1.165) is 0 Å². The highest BCUT2D eigenvalue weighted by atomic mass is 35.5. The number of nitrogens with zero attached hydrogens (tertiary/aromatic N) is 1. The van der Waals surface area contributed by atoms with Crippen LogP contribution >= 0.6 is 11.6 Å². The van der Waals surface area contributed by atoms with Gasteiger partial charge in [0.05, 0.1) is 15.6 Å². The molecule has 0 atom stereocenters. The Morgan fingerprint density at radius 1 is 1.29 bits per heavy atom. The molecule has 17 heavy (non-hydrogen) atoms. The van der Waals surface area contributed by atoms with E-state index in [2.05, 4.69) is 0 Å². The van der Waals surface area contributed by atoms with Crippen LogP contribution in [-0.2, 0) is 12.8 Å². The first kappa shape index (κ1) is 13.7. The lowest BCUT2D eigenvalue weighted by atomic mass is 9.98. The van der Waals surface area contributed by atoms with Crippen LogP contribution in [0.3, 0.4) is 0 Å². The SMILES string of the molecule is Nc1c(Cl)cc([N+](=O)[O-])c(CCO)c1CCO. The van der Waals surface area contributed by atoms with Gasteiger partial charge in [-0.3, -0.25) is 10.1 Å². The highest BCUT2D eigenvalue weighted by Crippen LogP contribution is 2.34. The summed E-state index contributed by atoms with van der Waals surface area (Å²) in [6.45, 7) is -0.430. The number of benzene rings is 1. The van der Waals surface area contributed by atoms with Gasteiger partial charge in [-0.05, 0) is 12.0 Å². The number of nitro benzene ring substituents is 1. The summed E-state index contributed by atoms with van der Waals surface area (Å²) in [7, 11) is 0. The summed E-state index contributed by atoms with van der Waals surface area (Å²) >= 11 is 5.80. The number of rotatable bonds is 5. The van der Waals surface area contributed by atoms with Crippen molar-refractivity contribution in [2.75, 3.05) is 18.9 Å². The summed E-state index contributed by atoms with van der Waals surface area (Å²) in [6, 6.07) is 1.17. The average molecular weight is 261 g/mol. The van der Waals surface area contributed by atoms with Crippen molar-refractivity contribution in [3.63, 3.8) is 0 Å². The van der Waals surface area contributed by atoms with E-state index >= 15 is 0 Å². The predicted octanol–water partition coefficient (Wildman–Crippen LogP) is 0.900. The Bertz CT molecular complexity index is 437. The lowest BCUT2D eigenvalue weighted by Gasteiger charge is -2.12. The summed E-state index contributed by atoms with van der Waals surface area (Å²) in [5, 5.41) is 28.8. The third kappa shape index (κ3) is 2.85. The van der Waals surface area contributed by atoms with Crippen LogP contribution in [-0.4, -0.2) is 28.4 Å². The van der Waals surface area contributed by atoms with Crippen molar-refractivity contribution in [3.8, 4) is 0 Å². The van der Waals surface area contributed by atoms with Gasteiger partial charge in [0.2, 0.25) is 0 Å². The van der Waals surface area contributed by atoms with Gasteiger partial charge in [-0.25, -0.2) is 0 Å². The van der Waals surface area contributed by atoms with Gasteiger partial charge in [0, 0.05) is 31.3 Å². The molecule has 94 valence electrons. The Hall–Kier alpha value is -1.37. The number of nitrogens with two attached hydrogens (primary N) is 1. The first-order valence-electron chi connectivity index (χ1n) is 4.98. The maximum Gasteiger partial charge on any atom is 0.274 e. The Balaban J connectivity index is 3.45. The van der Waals surface area contributed by atoms with E-state index in [4.69, 9.17) is 27.5 Å². The van der Waals surface area contributed by atoms with Gasteiger partial charge in [-0.2, -0.15) is 0 Å². The Kier molecular flexibility index (Phi) is 4.68. The van der Waals surface area contributed by atoms with Crippen LogP contribution < -0.4 is 5.73 Å². The molecule has 1 aromatic rings. The molecule has 7 heteroatoms. The smallest absolute Gasteiger partial charge is 0.274 e. The van der Waals surface area contributed by atoms with Crippen molar-refractivity contribution in [1.82, 2.24) is 0 Å². The lowest BCUT2D eigenvalue weighted by Crippen LogP contribution is -2.08. The minimum atomic E-state index is -0.572. The molecule has 6 nitrogen and oxygen atoms in total. The van der Waals surface area contributed by atoms with Crippen LogP contribution in [0.4, 0.5) is 11.4 Å². The van der Waals surface area contributed by atoms with E-state index in [9.17, 15) is 10.1 Å². The number of halogens is 1. The van der Waals surface area contributed by atoms with E-state index in [-0.39, 0.29) is 42.5 Å². The van der Waals surface area contributed by atoms with E-state index in [1.807, 2.05) is 0 Å². The zero-order valence-electron chi connectivity index (χ0n) is 9.02. The summed E-state index contributed by atoms with van der Waals surface area (Å²) < 4.78 is 0. The summed E-state index contributed by atoms with van der Waals surface area (Å²) in [5.41, 5.74) is 6.52. The van der Waals surface area contributed by atoms with Crippen molar-refractivity contribution in [1.29, 1.82) is 0 Å².